The van der Waals surface area contributed by atoms with Gasteiger partial charge < -0.3 is 21.1 Å². The molecule has 5 rings (SSSR count). The Balaban J connectivity index is 1.41. The third-order valence-corrected chi connectivity index (χ3v) is 5.92. The number of anilines is 3. The summed E-state index contributed by atoms with van der Waals surface area (Å²) in [5.74, 6) is -0.0635. The maximum absolute atomic E-state index is 13.2. The number of carbonyl (C=O) groups is 1. The number of nitrogen functional groups attached to an aromatic ring is 1. The van der Waals surface area contributed by atoms with Crippen LogP contribution in [0.3, 0.4) is 0 Å². The third-order valence-electron chi connectivity index (χ3n) is 5.92. The van der Waals surface area contributed by atoms with Crippen molar-refractivity contribution in [2.24, 2.45) is 0 Å². The summed E-state index contributed by atoms with van der Waals surface area (Å²) in [4.78, 5) is 27.9. The van der Waals surface area contributed by atoms with Crippen LogP contribution < -0.4 is 16.4 Å². The van der Waals surface area contributed by atoms with E-state index in [9.17, 15) is 4.79 Å². The maximum atomic E-state index is 13.2. The van der Waals surface area contributed by atoms with Gasteiger partial charge in [0.25, 0.3) is 5.91 Å². The molecule has 1 fully saturated rings. The highest BCUT2D eigenvalue weighted by Crippen LogP contribution is 2.34. The second-order valence-electron chi connectivity index (χ2n) is 8.53. The van der Waals surface area contributed by atoms with Gasteiger partial charge in [-0.25, -0.2) is 9.97 Å². The minimum atomic E-state index is -0.223. The van der Waals surface area contributed by atoms with E-state index < -0.39 is 0 Å². The fourth-order valence-electron chi connectivity index (χ4n) is 4.25. The van der Waals surface area contributed by atoms with E-state index >= 15 is 0 Å². The average Bonchev–Trinajstić information content (AvgIpc) is 2.85. The van der Waals surface area contributed by atoms with Crippen molar-refractivity contribution in [1.29, 1.82) is 0 Å². The maximum Gasteiger partial charge on any atom is 0.256 e. The van der Waals surface area contributed by atoms with Crippen molar-refractivity contribution in [2.75, 3.05) is 42.7 Å². The molecule has 1 aromatic carbocycles. The van der Waals surface area contributed by atoms with E-state index in [0.717, 1.165) is 60.8 Å². The number of fused-ring (bicyclic) bond motifs is 1. The number of morpholine rings is 1. The van der Waals surface area contributed by atoms with E-state index in [-0.39, 0.29) is 17.9 Å². The molecule has 1 unspecified atom stereocenters. The first kappa shape index (κ1) is 22.0. The second-order valence-corrected chi connectivity index (χ2v) is 8.53. The molecule has 0 radical (unpaired) electrons. The molecule has 4 heterocycles. The van der Waals surface area contributed by atoms with Gasteiger partial charge in [0.2, 0.25) is 5.95 Å². The fraction of sp³-hybridized carbons (Fsp3) is 0.280. The quantitative estimate of drug-likeness (QED) is 0.535. The van der Waals surface area contributed by atoms with Gasteiger partial charge in [0.15, 0.2) is 0 Å². The van der Waals surface area contributed by atoms with E-state index in [1.165, 1.54) is 12.4 Å². The molecule has 34 heavy (non-hydrogen) atoms. The summed E-state index contributed by atoms with van der Waals surface area (Å²) in [5.41, 5.74) is 11.5. The zero-order chi connectivity index (χ0) is 23.5. The number of nitrogens with two attached hydrogens (primary N) is 1. The third kappa shape index (κ3) is 4.90. The molecule has 9 heteroatoms. The zero-order valence-corrected chi connectivity index (χ0v) is 19.0. The first-order chi connectivity index (χ1) is 16.5. The van der Waals surface area contributed by atoms with Gasteiger partial charge in [0, 0.05) is 60.5 Å². The van der Waals surface area contributed by atoms with Crippen LogP contribution in [0.15, 0.2) is 55.1 Å². The lowest BCUT2D eigenvalue weighted by atomic mass is 9.93. The van der Waals surface area contributed by atoms with Crippen molar-refractivity contribution in [3.8, 4) is 11.1 Å². The second kappa shape index (κ2) is 9.58. The molecule has 3 aromatic rings. The highest BCUT2D eigenvalue weighted by Gasteiger charge is 2.23. The fourth-order valence-corrected chi connectivity index (χ4v) is 4.25. The number of nitrogens with one attached hydrogen (secondary N) is 2. The Kier molecular flexibility index (Phi) is 6.20. The van der Waals surface area contributed by atoms with Crippen molar-refractivity contribution in [1.82, 2.24) is 19.9 Å². The van der Waals surface area contributed by atoms with Gasteiger partial charge in [-0.2, -0.15) is 0 Å². The van der Waals surface area contributed by atoms with Crippen molar-refractivity contribution in [2.45, 2.75) is 19.5 Å². The van der Waals surface area contributed by atoms with Crippen LogP contribution in [-0.2, 0) is 16.1 Å². The summed E-state index contributed by atoms with van der Waals surface area (Å²) in [7, 11) is 0. The Bertz CT molecular complexity index is 1220. The topological polar surface area (TPSA) is 118 Å². The lowest BCUT2D eigenvalue weighted by Crippen LogP contribution is -2.35. The minimum absolute atomic E-state index is 0.0142. The van der Waals surface area contributed by atoms with Gasteiger partial charge in [-0.3, -0.25) is 14.7 Å². The SMILES string of the molecule is CC1C=C(C(=O)Nc2cnc(N)nc2)c2cc(-c3cncc(CN4CCOCC4)c3)ccc2N1. The molecule has 4 N–H and O–H groups in total. The zero-order valence-electron chi connectivity index (χ0n) is 19.0. The summed E-state index contributed by atoms with van der Waals surface area (Å²) < 4.78 is 5.45. The summed E-state index contributed by atoms with van der Waals surface area (Å²) in [6.45, 7) is 6.23. The van der Waals surface area contributed by atoms with E-state index in [2.05, 4.69) is 42.6 Å². The molecule has 2 aliphatic heterocycles. The summed E-state index contributed by atoms with van der Waals surface area (Å²) in [6.07, 6.45) is 8.68. The van der Waals surface area contributed by atoms with Gasteiger partial charge in [-0.05, 0) is 42.3 Å². The molecule has 1 amide bonds. The molecule has 174 valence electrons. The Labute approximate surface area is 198 Å². The van der Waals surface area contributed by atoms with E-state index in [1.807, 2.05) is 37.5 Å². The summed E-state index contributed by atoms with van der Waals surface area (Å²) in [5, 5.41) is 6.30. The molecule has 2 aliphatic rings. The summed E-state index contributed by atoms with van der Waals surface area (Å²) >= 11 is 0. The van der Waals surface area contributed by atoms with E-state index in [0.29, 0.717) is 11.3 Å². The normalized spacial score (nSPS) is 17.9. The monoisotopic (exact) mass is 457 g/mol. The molecule has 2 aromatic heterocycles. The minimum Gasteiger partial charge on any atom is -0.379 e. The molecule has 1 atom stereocenters. The summed E-state index contributed by atoms with van der Waals surface area (Å²) in [6, 6.07) is 8.29. The molecule has 9 nitrogen and oxygen atoms in total. The van der Waals surface area contributed by atoms with Crippen LogP contribution in [0, 0.1) is 0 Å². The molecular formula is C25H27N7O2. The number of hydrogen-bond acceptors (Lipinski definition) is 8. The van der Waals surface area contributed by atoms with E-state index in [1.54, 1.807) is 0 Å². The number of hydrogen-bond donors (Lipinski definition) is 3. The van der Waals surface area contributed by atoms with E-state index in [4.69, 9.17) is 10.5 Å². The number of rotatable bonds is 5. The Morgan fingerprint density at radius 1 is 1.15 bits per heavy atom. The van der Waals surface area contributed by atoms with Crippen molar-refractivity contribution < 1.29 is 9.53 Å². The predicted octanol–water partition coefficient (Wildman–Crippen LogP) is 2.79. The highest BCUT2D eigenvalue weighted by molar-refractivity contribution is 6.27. The lowest BCUT2D eigenvalue weighted by molar-refractivity contribution is -0.111. The van der Waals surface area contributed by atoms with Crippen LogP contribution in [0.2, 0.25) is 0 Å². The van der Waals surface area contributed by atoms with Crippen molar-refractivity contribution in [3.63, 3.8) is 0 Å². The Hall–Kier alpha value is -3.82. The van der Waals surface area contributed by atoms with Gasteiger partial charge in [-0.1, -0.05) is 6.07 Å². The molecule has 0 bridgehead atoms. The Morgan fingerprint density at radius 3 is 2.74 bits per heavy atom. The average molecular weight is 458 g/mol. The molecule has 0 spiro atoms. The van der Waals surface area contributed by atoms with Gasteiger partial charge in [-0.15, -0.1) is 0 Å². The number of nitrogens with zero attached hydrogens (tertiary/aromatic N) is 4. The first-order valence-corrected chi connectivity index (χ1v) is 11.3. The van der Waals surface area contributed by atoms with Crippen molar-refractivity contribution >= 4 is 28.8 Å². The van der Waals surface area contributed by atoms with Gasteiger partial charge >= 0.3 is 0 Å². The number of amides is 1. The van der Waals surface area contributed by atoms with Crippen LogP contribution in [0.1, 0.15) is 18.1 Å². The largest absolute Gasteiger partial charge is 0.379 e. The van der Waals surface area contributed by atoms with Crippen molar-refractivity contribution in [3.05, 3.63) is 66.3 Å². The number of pyridine rings is 1. The highest BCUT2D eigenvalue weighted by atomic mass is 16.5. The molecule has 0 saturated carbocycles. The lowest BCUT2D eigenvalue weighted by Gasteiger charge is -2.26. The molecular weight excluding hydrogens is 430 g/mol. The number of ether oxygens (including phenoxy) is 1. The number of aromatic nitrogens is 3. The number of benzene rings is 1. The molecule has 1 saturated heterocycles. The Morgan fingerprint density at radius 2 is 1.94 bits per heavy atom. The van der Waals surface area contributed by atoms with Gasteiger partial charge in [0.1, 0.15) is 0 Å². The van der Waals surface area contributed by atoms with Crippen LogP contribution >= 0.6 is 0 Å². The standard InChI is InChI=1S/C25H27N7O2/c1-16-8-22(24(33)31-20-13-28-25(26)29-14-20)21-10-18(2-3-23(21)30-16)19-9-17(11-27-12-19)15-32-4-6-34-7-5-32/h2-3,8-14,16,30H,4-7,15H2,1H3,(H,31,33)(H2,26,28,29). The van der Waals surface area contributed by atoms with Crippen LogP contribution in [0.4, 0.5) is 17.3 Å². The first-order valence-electron chi connectivity index (χ1n) is 11.3. The number of carbonyl (C=O) groups excluding carboxylic acids is 1. The van der Waals surface area contributed by atoms with Crippen LogP contribution in [-0.4, -0.2) is 58.1 Å². The predicted molar refractivity (Wildman–Crippen MR) is 132 cm³/mol. The van der Waals surface area contributed by atoms with Gasteiger partial charge in [0.05, 0.1) is 31.3 Å². The van der Waals surface area contributed by atoms with Crippen LogP contribution in [0.5, 0.6) is 0 Å². The smallest absolute Gasteiger partial charge is 0.256 e. The van der Waals surface area contributed by atoms with Crippen LogP contribution in [0.25, 0.3) is 16.7 Å². The molecule has 0 aliphatic carbocycles.